The molecule has 7 nitrogen and oxygen atoms in total. The normalized spacial score (nSPS) is 21.9. The fourth-order valence-electron chi connectivity index (χ4n) is 4.52. The Balaban J connectivity index is 1.30. The van der Waals surface area contributed by atoms with Crippen molar-refractivity contribution < 1.29 is 14.7 Å². The van der Waals surface area contributed by atoms with Crippen molar-refractivity contribution in [1.29, 1.82) is 0 Å². The Morgan fingerprint density at radius 3 is 2.67 bits per heavy atom. The second-order valence-corrected chi connectivity index (χ2v) is 9.37. The number of ketones is 1. The van der Waals surface area contributed by atoms with E-state index in [1.807, 2.05) is 42.5 Å². The number of aliphatic hydroxyl groups is 1. The number of Topliss-reactive ketones (excluding diaryl/α,β-unsaturated/α-hetero) is 1. The van der Waals surface area contributed by atoms with Crippen molar-refractivity contribution in [2.45, 2.75) is 50.5 Å². The molecule has 2 saturated carbocycles. The minimum Gasteiger partial charge on any atom is -0.393 e. The third-order valence-electron chi connectivity index (χ3n) is 6.61. The van der Waals surface area contributed by atoms with Crippen LogP contribution in [0.3, 0.4) is 0 Å². The van der Waals surface area contributed by atoms with Crippen molar-refractivity contribution in [2.24, 2.45) is 10.9 Å². The van der Waals surface area contributed by atoms with Gasteiger partial charge in [-0.15, -0.1) is 0 Å². The lowest BCUT2D eigenvalue weighted by Crippen LogP contribution is -2.43. The number of amides is 1. The van der Waals surface area contributed by atoms with Crippen molar-refractivity contribution >= 4 is 29.0 Å². The molecule has 1 aliphatic heterocycles. The van der Waals surface area contributed by atoms with E-state index in [0.717, 1.165) is 62.1 Å². The molecule has 7 heteroatoms. The van der Waals surface area contributed by atoms with Crippen LogP contribution < -0.4 is 16.0 Å². The van der Waals surface area contributed by atoms with E-state index in [9.17, 15) is 14.7 Å². The lowest BCUT2D eigenvalue weighted by atomic mass is 9.78. The van der Waals surface area contributed by atoms with Gasteiger partial charge in [0.2, 0.25) is 0 Å². The van der Waals surface area contributed by atoms with Crippen LogP contribution in [0.4, 0.5) is 11.4 Å². The summed E-state index contributed by atoms with van der Waals surface area (Å²) in [6.45, 7) is 1.54. The summed E-state index contributed by atoms with van der Waals surface area (Å²) < 4.78 is 0. The van der Waals surface area contributed by atoms with Crippen molar-refractivity contribution in [3.05, 3.63) is 59.2 Å². The smallest absolute Gasteiger partial charge is 0.257 e. The van der Waals surface area contributed by atoms with Gasteiger partial charge >= 0.3 is 0 Å². The molecule has 0 atom stereocenters. The van der Waals surface area contributed by atoms with Gasteiger partial charge in [0, 0.05) is 42.0 Å². The quantitative estimate of drug-likeness (QED) is 0.486. The Hall–Kier alpha value is -3.19. The van der Waals surface area contributed by atoms with Crippen LogP contribution in [0.25, 0.3) is 0 Å². The highest BCUT2D eigenvalue weighted by Gasteiger charge is 2.29. The molecule has 0 aromatic heterocycles. The fourth-order valence-corrected chi connectivity index (χ4v) is 4.52. The van der Waals surface area contributed by atoms with Gasteiger partial charge in [-0.3, -0.25) is 19.9 Å². The third-order valence-corrected chi connectivity index (χ3v) is 6.61. The molecule has 2 aliphatic carbocycles. The molecule has 0 saturated heterocycles. The standard InChI is InChI=1S/C26H30N4O3/c31-21-11-16(12-21)13-24(32)18-3-1-4-20(14-18)29-23-8-7-19(15-22(23)17-5-6-17)25(33)30-26-27-9-2-10-28-26/h1,3-4,7-8,14-17,21,29,31H,2,5-6,9-13H2,(H2,27,28,30,33). The van der Waals surface area contributed by atoms with E-state index in [1.54, 1.807) is 0 Å². The molecule has 2 fully saturated rings. The van der Waals surface area contributed by atoms with Crippen molar-refractivity contribution in [2.75, 3.05) is 18.4 Å². The van der Waals surface area contributed by atoms with Gasteiger partial charge in [-0.05, 0) is 79.8 Å². The molecular weight excluding hydrogens is 416 g/mol. The number of hydrogen-bond acceptors (Lipinski definition) is 6. The lowest BCUT2D eigenvalue weighted by Gasteiger charge is -2.30. The van der Waals surface area contributed by atoms with Crippen LogP contribution in [-0.4, -0.2) is 41.9 Å². The Labute approximate surface area is 193 Å². The van der Waals surface area contributed by atoms with Crippen LogP contribution in [-0.2, 0) is 0 Å². The van der Waals surface area contributed by atoms with Gasteiger partial charge in [-0.2, -0.15) is 0 Å². The monoisotopic (exact) mass is 446 g/mol. The van der Waals surface area contributed by atoms with Gasteiger partial charge in [0.25, 0.3) is 5.91 Å². The van der Waals surface area contributed by atoms with Crippen LogP contribution in [0.2, 0.25) is 0 Å². The number of aliphatic hydroxyl groups excluding tert-OH is 1. The van der Waals surface area contributed by atoms with Crippen molar-refractivity contribution in [3.8, 4) is 0 Å². The predicted octanol–water partition coefficient (Wildman–Crippen LogP) is 3.73. The molecule has 2 aromatic rings. The summed E-state index contributed by atoms with van der Waals surface area (Å²) in [5.41, 5.74) is 4.25. The second-order valence-electron chi connectivity index (χ2n) is 9.37. The first-order chi connectivity index (χ1) is 16.0. The number of nitrogens with zero attached hydrogens (tertiary/aromatic N) is 1. The first-order valence-corrected chi connectivity index (χ1v) is 11.9. The summed E-state index contributed by atoms with van der Waals surface area (Å²) in [7, 11) is 0. The molecule has 0 unspecified atom stereocenters. The predicted molar refractivity (Wildman–Crippen MR) is 128 cm³/mol. The Morgan fingerprint density at radius 1 is 1.09 bits per heavy atom. The van der Waals surface area contributed by atoms with Crippen LogP contribution in [0.15, 0.2) is 47.5 Å². The molecule has 0 spiro atoms. The molecule has 1 heterocycles. The Morgan fingerprint density at radius 2 is 1.94 bits per heavy atom. The third kappa shape index (κ3) is 5.25. The molecule has 4 N–H and O–H groups in total. The van der Waals surface area contributed by atoms with Crippen LogP contribution in [0.1, 0.15) is 70.7 Å². The summed E-state index contributed by atoms with van der Waals surface area (Å²) in [5, 5.41) is 18.9. The number of guanidine groups is 1. The number of carbonyl (C=O) groups excluding carboxylic acids is 2. The largest absolute Gasteiger partial charge is 0.393 e. The minimum absolute atomic E-state index is 0.115. The zero-order valence-corrected chi connectivity index (χ0v) is 18.6. The molecule has 3 aliphatic rings. The van der Waals surface area contributed by atoms with E-state index in [4.69, 9.17) is 0 Å². The maximum absolute atomic E-state index is 12.7. The average Bonchev–Trinajstić information content (AvgIpc) is 3.64. The van der Waals surface area contributed by atoms with Gasteiger partial charge in [0.1, 0.15) is 0 Å². The highest BCUT2D eigenvalue weighted by Crippen LogP contribution is 2.44. The molecule has 0 bridgehead atoms. The second kappa shape index (κ2) is 9.35. The number of rotatable bonds is 7. The van der Waals surface area contributed by atoms with Crippen LogP contribution >= 0.6 is 0 Å². The molecule has 2 aromatic carbocycles. The Bertz CT molecular complexity index is 1090. The van der Waals surface area contributed by atoms with E-state index in [2.05, 4.69) is 20.9 Å². The topological polar surface area (TPSA) is 103 Å². The molecule has 1 amide bonds. The zero-order chi connectivity index (χ0) is 22.8. The van der Waals surface area contributed by atoms with E-state index in [-0.39, 0.29) is 17.8 Å². The number of carbonyl (C=O) groups is 2. The van der Waals surface area contributed by atoms with E-state index < -0.39 is 0 Å². The summed E-state index contributed by atoms with van der Waals surface area (Å²) in [6.07, 6.45) is 4.88. The number of aliphatic imine (C=N–C) groups is 1. The van der Waals surface area contributed by atoms with E-state index in [1.165, 1.54) is 0 Å². The van der Waals surface area contributed by atoms with Gasteiger partial charge < -0.3 is 15.7 Å². The van der Waals surface area contributed by atoms with Crippen LogP contribution in [0.5, 0.6) is 0 Å². The zero-order valence-electron chi connectivity index (χ0n) is 18.6. The van der Waals surface area contributed by atoms with Crippen molar-refractivity contribution in [3.63, 3.8) is 0 Å². The van der Waals surface area contributed by atoms with Crippen molar-refractivity contribution in [1.82, 2.24) is 10.6 Å². The lowest BCUT2D eigenvalue weighted by molar-refractivity contribution is 0.0381. The van der Waals surface area contributed by atoms with Gasteiger partial charge in [0.15, 0.2) is 11.7 Å². The minimum atomic E-state index is -0.242. The Kier molecular flexibility index (Phi) is 6.13. The average molecular weight is 447 g/mol. The van der Waals surface area contributed by atoms with Gasteiger partial charge in [-0.1, -0.05) is 12.1 Å². The summed E-state index contributed by atoms with van der Waals surface area (Å²) in [4.78, 5) is 29.7. The molecule has 33 heavy (non-hydrogen) atoms. The summed E-state index contributed by atoms with van der Waals surface area (Å²) in [5.74, 6) is 1.23. The summed E-state index contributed by atoms with van der Waals surface area (Å²) >= 11 is 0. The molecule has 5 rings (SSSR count). The first kappa shape index (κ1) is 21.6. The van der Waals surface area contributed by atoms with Gasteiger partial charge in [-0.25, -0.2) is 0 Å². The summed E-state index contributed by atoms with van der Waals surface area (Å²) in [6, 6.07) is 13.3. The maximum atomic E-state index is 12.7. The number of hydrogen-bond donors (Lipinski definition) is 4. The van der Waals surface area contributed by atoms with Gasteiger partial charge in [0.05, 0.1) is 6.10 Å². The molecular formula is C26H30N4O3. The molecule has 0 radical (unpaired) electrons. The van der Waals surface area contributed by atoms with Crippen LogP contribution in [0, 0.1) is 5.92 Å². The molecule has 172 valence electrons. The first-order valence-electron chi connectivity index (χ1n) is 11.9. The fraction of sp³-hybridized carbons (Fsp3) is 0.423. The maximum Gasteiger partial charge on any atom is 0.257 e. The SMILES string of the molecule is O=C(CC1CC(O)C1)c1cccc(Nc2ccc(C(=O)NC3=NCCCN3)cc2C2CC2)c1. The van der Waals surface area contributed by atoms with E-state index in [0.29, 0.717) is 35.3 Å². The van der Waals surface area contributed by atoms with E-state index >= 15 is 0 Å². The number of benzene rings is 2. The number of nitrogens with one attached hydrogen (secondary N) is 3. The highest BCUT2D eigenvalue weighted by atomic mass is 16.3. The highest BCUT2D eigenvalue weighted by molar-refractivity contribution is 6.06. The number of anilines is 2.